The van der Waals surface area contributed by atoms with E-state index in [0.29, 0.717) is 5.01 Å². The van der Waals surface area contributed by atoms with E-state index >= 15 is 0 Å². The van der Waals surface area contributed by atoms with Crippen molar-refractivity contribution in [1.82, 2.24) is 10.3 Å². The van der Waals surface area contributed by atoms with E-state index in [0.717, 1.165) is 19.4 Å². The summed E-state index contributed by atoms with van der Waals surface area (Å²) in [6, 6.07) is -0.142. The Kier molecular flexibility index (Phi) is 3.31. The van der Waals surface area contributed by atoms with Gasteiger partial charge >= 0.3 is 5.97 Å². The molecule has 5 nitrogen and oxygen atoms in total. The van der Waals surface area contributed by atoms with Gasteiger partial charge in [-0.1, -0.05) is 0 Å². The largest absolute Gasteiger partial charge is 0.464 e. The number of thiazole rings is 1. The van der Waals surface area contributed by atoms with E-state index in [4.69, 9.17) is 0 Å². The zero-order valence-corrected chi connectivity index (χ0v) is 9.67. The second-order valence-electron chi connectivity index (χ2n) is 3.54. The monoisotopic (exact) mass is 240 g/mol. The normalized spacial score (nSPS) is 19.7. The van der Waals surface area contributed by atoms with E-state index in [9.17, 15) is 9.59 Å². The van der Waals surface area contributed by atoms with Crippen LogP contribution in [0.5, 0.6) is 0 Å². The molecule has 6 heteroatoms. The van der Waals surface area contributed by atoms with Crippen molar-refractivity contribution in [3.8, 4) is 0 Å². The Morgan fingerprint density at radius 2 is 2.44 bits per heavy atom. The van der Waals surface area contributed by atoms with E-state index in [1.807, 2.05) is 0 Å². The summed E-state index contributed by atoms with van der Waals surface area (Å²) in [5.41, 5.74) is 0.203. The number of nitrogens with one attached hydrogen (secondary N) is 1. The zero-order chi connectivity index (χ0) is 11.5. The average Bonchev–Trinajstić information content (AvgIpc) is 2.97. The van der Waals surface area contributed by atoms with Crippen LogP contribution in [0, 0.1) is 0 Å². The molecule has 1 saturated heterocycles. The Labute approximate surface area is 96.8 Å². The molecule has 2 heterocycles. The van der Waals surface area contributed by atoms with E-state index in [-0.39, 0.29) is 17.5 Å². The molecule has 0 bridgehead atoms. The summed E-state index contributed by atoms with van der Waals surface area (Å²) < 4.78 is 4.53. The smallest absolute Gasteiger partial charge is 0.357 e. The summed E-state index contributed by atoms with van der Waals surface area (Å²) in [7, 11) is 1.29. The fraction of sp³-hybridized carbons (Fsp3) is 0.500. The van der Waals surface area contributed by atoms with Crippen LogP contribution in [0.25, 0.3) is 0 Å². The summed E-state index contributed by atoms with van der Waals surface area (Å²) in [5, 5.41) is 5.03. The van der Waals surface area contributed by atoms with Gasteiger partial charge < -0.3 is 10.1 Å². The molecule has 1 aliphatic rings. The lowest BCUT2D eigenvalue weighted by atomic mass is 10.1. The minimum atomic E-state index is -0.505. The van der Waals surface area contributed by atoms with Gasteiger partial charge in [0.05, 0.1) is 13.2 Å². The van der Waals surface area contributed by atoms with Crippen molar-refractivity contribution in [3.63, 3.8) is 0 Å². The first kappa shape index (κ1) is 11.2. The zero-order valence-electron chi connectivity index (χ0n) is 8.86. The van der Waals surface area contributed by atoms with Crippen LogP contribution in [-0.4, -0.2) is 36.4 Å². The lowest BCUT2D eigenvalue weighted by Crippen LogP contribution is -2.30. The van der Waals surface area contributed by atoms with E-state index in [1.54, 1.807) is 5.38 Å². The minimum Gasteiger partial charge on any atom is -0.464 e. The van der Waals surface area contributed by atoms with Gasteiger partial charge in [0.25, 0.3) is 0 Å². The fourth-order valence-corrected chi connectivity index (χ4v) is 2.42. The van der Waals surface area contributed by atoms with E-state index in [2.05, 4.69) is 15.0 Å². The summed E-state index contributed by atoms with van der Waals surface area (Å²) in [6.45, 7) is 0.867. The van der Waals surface area contributed by atoms with Crippen molar-refractivity contribution in [2.75, 3.05) is 13.7 Å². The number of rotatable bonds is 3. The number of Topliss-reactive ketones (excluding diaryl/α,β-unsaturated/α-hetero) is 1. The van der Waals surface area contributed by atoms with Gasteiger partial charge in [0.15, 0.2) is 10.7 Å². The molecule has 0 saturated carbocycles. The molecule has 0 amide bonds. The lowest BCUT2D eigenvalue weighted by molar-refractivity contribution is 0.0595. The number of ether oxygens (including phenoxy) is 1. The molecule has 1 fully saturated rings. The van der Waals surface area contributed by atoms with Crippen LogP contribution >= 0.6 is 11.3 Å². The van der Waals surface area contributed by atoms with Crippen molar-refractivity contribution in [2.45, 2.75) is 18.9 Å². The van der Waals surface area contributed by atoms with Crippen molar-refractivity contribution in [3.05, 3.63) is 16.1 Å². The third kappa shape index (κ3) is 2.12. The van der Waals surface area contributed by atoms with Crippen molar-refractivity contribution in [1.29, 1.82) is 0 Å². The third-order valence-electron chi connectivity index (χ3n) is 2.49. The Bertz CT molecular complexity index is 410. The number of aromatic nitrogens is 1. The summed E-state index contributed by atoms with van der Waals surface area (Å²) in [6.07, 6.45) is 1.84. The number of esters is 1. The van der Waals surface area contributed by atoms with E-state index in [1.165, 1.54) is 18.4 Å². The molecule has 0 aromatic carbocycles. The number of carbonyl (C=O) groups excluding carboxylic acids is 2. The average molecular weight is 240 g/mol. The Hall–Kier alpha value is -1.27. The maximum absolute atomic E-state index is 11.9. The highest BCUT2D eigenvalue weighted by Crippen LogP contribution is 2.16. The number of methoxy groups -OCH3 is 1. The Morgan fingerprint density at radius 1 is 1.62 bits per heavy atom. The van der Waals surface area contributed by atoms with Crippen LogP contribution in [0.15, 0.2) is 5.38 Å². The molecule has 16 heavy (non-hydrogen) atoms. The van der Waals surface area contributed by atoms with Crippen LogP contribution < -0.4 is 5.32 Å². The second kappa shape index (κ2) is 4.71. The molecule has 0 aliphatic carbocycles. The number of nitrogens with zero attached hydrogens (tertiary/aromatic N) is 1. The molecule has 0 radical (unpaired) electrons. The molecule has 86 valence electrons. The van der Waals surface area contributed by atoms with Crippen LogP contribution in [0.2, 0.25) is 0 Å². The van der Waals surface area contributed by atoms with Gasteiger partial charge in [0.1, 0.15) is 0 Å². The molecule has 2 rings (SSSR count). The number of hydrogen-bond donors (Lipinski definition) is 1. The van der Waals surface area contributed by atoms with Crippen LogP contribution in [0.1, 0.15) is 33.1 Å². The van der Waals surface area contributed by atoms with Crippen molar-refractivity contribution in [2.24, 2.45) is 0 Å². The highest BCUT2D eigenvalue weighted by Gasteiger charge is 2.26. The highest BCUT2D eigenvalue weighted by atomic mass is 32.1. The van der Waals surface area contributed by atoms with Crippen molar-refractivity contribution >= 4 is 23.1 Å². The van der Waals surface area contributed by atoms with Crippen LogP contribution in [-0.2, 0) is 4.74 Å². The Balaban J connectivity index is 2.11. The molecule has 1 aromatic rings. The van der Waals surface area contributed by atoms with E-state index < -0.39 is 5.97 Å². The maximum atomic E-state index is 11.9. The maximum Gasteiger partial charge on any atom is 0.357 e. The standard InChI is InChI=1S/C10H12N2O3S/c1-15-10(14)7-5-16-9(12-7)8(13)6-3-2-4-11-6/h5-6,11H,2-4H2,1H3/t6-/m0/s1. The molecule has 1 atom stereocenters. The van der Waals surface area contributed by atoms with Gasteiger partial charge in [-0.3, -0.25) is 4.79 Å². The molecule has 0 unspecified atom stereocenters. The highest BCUT2D eigenvalue weighted by molar-refractivity contribution is 7.12. The predicted octanol–water partition coefficient (Wildman–Crippen LogP) is 0.864. The number of carbonyl (C=O) groups is 2. The second-order valence-corrected chi connectivity index (χ2v) is 4.40. The Morgan fingerprint density at radius 3 is 3.06 bits per heavy atom. The molecule has 1 aliphatic heterocycles. The van der Waals surface area contributed by atoms with Gasteiger partial charge in [-0.2, -0.15) is 0 Å². The molecule has 1 N–H and O–H groups in total. The van der Waals surface area contributed by atoms with Gasteiger partial charge in [-0.25, -0.2) is 9.78 Å². The third-order valence-corrected chi connectivity index (χ3v) is 3.34. The van der Waals surface area contributed by atoms with Crippen LogP contribution in [0.3, 0.4) is 0 Å². The van der Waals surface area contributed by atoms with Crippen LogP contribution in [0.4, 0.5) is 0 Å². The number of ketones is 1. The topological polar surface area (TPSA) is 68.3 Å². The molecule has 0 spiro atoms. The first-order valence-corrected chi connectivity index (χ1v) is 5.92. The van der Waals surface area contributed by atoms with Crippen molar-refractivity contribution < 1.29 is 14.3 Å². The van der Waals surface area contributed by atoms with Gasteiger partial charge in [0, 0.05) is 5.38 Å². The fourth-order valence-electron chi connectivity index (χ4n) is 1.64. The molecular weight excluding hydrogens is 228 g/mol. The first-order chi connectivity index (χ1) is 7.72. The molecule has 1 aromatic heterocycles. The first-order valence-electron chi connectivity index (χ1n) is 5.04. The van der Waals surface area contributed by atoms with Gasteiger partial charge in [-0.05, 0) is 19.4 Å². The summed E-state index contributed by atoms with van der Waals surface area (Å²) in [5.74, 6) is -0.535. The van der Waals surface area contributed by atoms with Gasteiger partial charge in [0.2, 0.25) is 5.78 Å². The lowest BCUT2D eigenvalue weighted by Gasteiger charge is -2.04. The quantitative estimate of drug-likeness (QED) is 0.627. The molecular formula is C10H12N2O3S. The summed E-state index contributed by atoms with van der Waals surface area (Å²) in [4.78, 5) is 27.1. The number of hydrogen-bond acceptors (Lipinski definition) is 6. The van der Waals surface area contributed by atoms with Gasteiger partial charge in [-0.15, -0.1) is 11.3 Å². The SMILES string of the molecule is COC(=O)c1csc(C(=O)[C@@H]2CCCN2)n1. The predicted molar refractivity (Wildman–Crippen MR) is 58.8 cm³/mol. The summed E-state index contributed by atoms with van der Waals surface area (Å²) >= 11 is 1.19. The minimum absolute atomic E-state index is 0.0300.